The van der Waals surface area contributed by atoms with Crippen LogP contribution in [0.2, 0.25) is 5.02 Å². The van der Waals surface area contributed by atoms with E-state index in [1.165, 1.54) is 53.1 Å². The monoisotopic (exact) mass is 624 g/mol. The number of nitro benzene ring substituents is 1. The number of fused-ring (bicyclic) bond motifs is 2. The molecule has 0 aliphatic carbocycles. The number of non-ortho nitro benzene ring substituents is 1. The molecule has 42 heavy (non-hydrogen) atoms. The van der Waals surface area contributed by atoms with E-state index in [0.29, 0.717) is 26.2 Å². The highest BCUT2D eigenvalue weighted by molar-refractivity contribution is 8.00. The highest BCUT2D eigenvalue weighted by Crippen LogP contribution is 2.53. The molecule has 2 aliphatic heterocycles. The second kappa shape index (κ2) is 10.8. The van der Waals surface area contributed by atoms with Crippen molar-refractivity contribution in [2.24, 2.45) is 5.92 Å². The van der Waals surface area contributed by atoms with Gasteiger partial charge in [0.1, 0.15) is 17.6 Å². The molecule has 3 unspecified atom stereocenters. The third kappa shape index (κ3) is 4.89. The molecule has 1 fully saturated rings. The Kier molecular flexibility index (Phi) is 7.17. The zero-order chi connectivity index (χ0) is 29.7. The molecular weight excluding hydrogens is 607 g/mol. The molecule has 4 aromatic rings. The Balaban J connectivity index is 1.39. The van der Waals surface area contributed by atoms with Gasteiger partial charge in [0.05, 0.1) is 21.6 Å². The Morgan fingerprint density at radius 2 is 1.64 bits per heavy atom. The van der Waals surface area contributed by atoms with E-state index in [4.69, 9.17) is 11.6 Å². The van der Waals surface area contributed by atoms with Crippen LogP contribution in [-0.2, 0) is 20.9 Å². The molecule has 0 spiro atoms. The van der Waals surface area contributed by atoms with Crippen LogP contribution >= 0.6 is 34.7 Å². The van der Waals surface area contributed by atoms with Crippen molar-refractivity contribution < 1.29 is 23.7 Å². The molecule has 0 bridgehead atoms. The number of hydrogen-bond donors (Lipinski definition) is 1. The average molecular weight is 625 g/mol. The molecule has 3 aromatic carbocycles. The van der Waals surface area contributed by atoms with Crippen molar-refractivity contribution in [3.63, 3.8) is 0 Å². The van der Waals surface area contributed by atoms with Gasteiger partial charge in [0.2, 0.25) is 17.7 Å². The van der Waals surface area contributed by atoms with E-state index in [1.54, 1.807) is 24.3 Å². The fourth-order valence-corrected chi connectivity index (χ4v) is 8.04. The molecule has 3 amide bonds. The standard InChI is InChI=1S/C28H18ClFN4O6S2/c29-15-3-7-17(8-4-15)31-20(35)13-32-27-24(42-28(32)38)21(14-1-5-16(30)6-2-14)22-23(41-27)26(37)33(25(22)36)18-9-11-19(12-10-18)34(39)40/h1-12,21-23H,13H2,(H,31,35). The van der Waals surface area contributed by atoms with Crippen molar-refractivity contribution >= 4 is 69.5 Å². The Labute approximate surface area is 249 Å². The number of halogens is 2. The van der Waals surface area contributed by atoms with Gasteiger partial charge in [0.15, 0.2) is 0 Å². The van der Waals surface area contributed by atoms with Crippen molar-refractivity contribution in [1.82, 2.24) is 4.57 Å². The first-order valence-corrected chi connectivity index (χ1v) is 14.5. The minimum absolute atomic E-state index is 0.173. The minimum Gasteiger partial charge on any atom is -0.325 e. The number of nitro groups is 1. The normalized spacial score (nSPS) is 19.4. The zero-order valence-corrected chi connectivity index (χ0v) is 23.6. The number of nitrogens with one attached hydrogen (secondary N) is 1. The van der Waals surface area contributed by atoms with E-state index >= 15 is 0 Å². The molecule has 6 rings (SSSR count). The average Bonchev–Trinajstić information content (AvgIpc) is 3.41. The van der Waals surface area contributed by atoms with Crippen molar-refractivity contribution in [2.45, 2.75) is 22.7 Å². The first-order chi connectivity index (χ1) is 20.1. The van der Waals surface area contributed by atoms with Gasteiger partial charge in [-0.2, -0.15) is 0 Å². The summed E-state index contributed by atoms with van der Waals surface area (Å²) in [5, 5.41) is 13.7. The van der Waals surface area contributed by atoms with Crippen molar-refractivity contribution in [3.05, 3.63) is 114 Å². The van der Waals surface area contributed by atoms with E-state index in [-0.39, 0.29) is 17.9 Å². The maximum atomic E-state index is 13.9. The van der Waals surface area contributed by atoms with Crippen LogP contribution in [0.3, 0.4) is 0 Å². The molecule has 3 heterocycles. The third-order valence-electron chi connectivity index (χ3n) is 7.03. The zero-order valence-electron chi connectivity index (χ0n) is 21.2. The summed E-state index contributed by atoms with van der Waals surface area (Å²) >= 11 is 7.80. The summed E-state index contributed by atoms with van der Waals surface area (Å²) in [6, 6.07) is 17.0. The highest BCUT2D eigenvalue weighted by Gasteiger charge is 2.56. The van der Waals surface area contributed by atoms with Crippen LogP contribution < -0.4 is 15.1 Å². The number of amides is 3. The number of nitrogens with zero attached hydrogens (tertiary/aromatic N) is 3. The number of thiazole rings is 1. The van der Waals surface area contributed by atoms with E-state index in [1.807, 2.05) is 0 Å². The Morgan fingerprint density at radius 1 is 0.976 bits per heavy atom. The number of carbonyl (C=O) groups is 3. The lowest BCUT2D eigenvalue weighted by Gasteiger charge is -2.30. The molecule has 1 N–H and O–H groups in total. The third-order valence-corrected chi connectivity index (χ3v) is 9.88. The molecule has 3 atom stereocenters. The number of benzene rings is 3. The van der Waals surface area contributed by atoms with Crippen LogP contribution in [0.25, 0.3) is 0 Å². The molecule has 1 saturated heterocycles. The molecule has 0 saturated carbocycles. The van der Waals surface area contributed by atoms with Crippen molar-refractivity contribution in [2.75, 3.05) is 10.2 Å². The molecule has 0 radical (unpaired) electrons. The topological polar surface area (TPSA) is 132 Å². The Morgan fingerprint density at radius 3 is 2.29 bits per heavy atom. The van der Waals surface area contributed by atoms with Crippen LogP contribution in [0.15, 0.2) is 82.6 Å². The fourth-order valence-electron chi connectivity index (χ4n) is 5.14. The van der Waals surface area contributed by atoms with Gasteiger partial charge >= 0.3 is 4.87 Å². The lowest BCUT2D eigenvalue weighted by atomic mass is 9.83. The summed E-state index contributed by atoms with van der Waals surface area (Å²) in [5.74, 6) is -3.79. The quantitative estimate of drug-likeness (QED) is 0.180. The molecule has 212 valence electrons. The molecule has 1 aromatic heterocycles. The summed E-state index contributed by atoms with van der Waals surface area (Å²) in [5.41, 5.74) is 0.982. The van der Waals surface area contributed by atoms with Crippen LogP contribution in [0, 0.1) is 21.8 Å². The number of thioether (sulfide) groups is 1. The van der Waals surface area contributed by atoms with Crippen LogP contribution in [0.5, 0.6) is 0 Å². The maximum absolute atomic E-state index is 13.9. The van der Waals surface area contributed by atoms with Crippen LogP contribution in [-0.4, -0.2) is 32.5 Å². The second-order valence-electron chi connectivity index (χ2n) is 9.56. The van der Waals surface area contributed by atoms with Gasteiger partial charge in [0, 0.05) is 33.6 Å². The Hall–Kier alpha value is -4.33. The predicted octanol–water partition coefficient (Wildman–Crippen LogP) is 5.05. The van der Waals surface area contributed by atoms with Gasteiger partial charge in [-0.3, -0.25) is 33.9 Å². The predicted molar refractivity (Wildman–Crippen MR) is 156 cm³/mol. The van der Waals surface area contributed by atoms with E-state index in [0.717, 1.165) is 28.0 Å². The van der Waals surface area contributed by atoms with Crippen LogP contribution in [0.1, 0.15) is 16.4 Å². The summed E-state index contributed by atoms with van der Waals surface area (Å²) in [4.78, 5) is 65.3. The summed E-state index contributed by atoms with van der Waals surface area (Å²) < 4.78 is 15.1. The van der Waals surface area contributed by atoms with Gasteiger partial charge < -0.3 is 5.32 Å². The number of aromatic nitrogens is 1. The van der Waals surface area contributed by atoms with Gasteiger partial charge in [-0.1, -0.05) is 46.8 Å². The van der Waals surface area contributed by atoms with Crippen molar-refractivity contribution in [1.29, 1.82) is 0 Å². The van der Waals surface area contributed by atoms with Crippen LogP contribution in [0.4, 0.5) is 21.5 Å². The first-order valence-electron chi connectivity index (χ1n) is 12.5. The summed E-state index contributed by atoms with van der Waals surface area (Å²) in [7, 11) is 0. The lowest BCUT2D eigenvalue weighted by molar-refractivity contribution is -0.384. The number of anilines is 2. The molecule has 14 heteroatoms. The van der Waals surface area contributed by atoms with E-state index in [9.17, 15) is 33.7 Å². The largest absolute Gasteiger partial charge is 0.325 e. The summed E-state index contributed by atoms with van der Waals surface area (Å²) in [6.45, 7) is -0.345. The van der Waals surface area contributed by atoms with E-state index < -0.39 is 50.4 Å². The van der Waals surface area contributed by atoms with E-state index in [2.05, 4.69) is 5.32 Å². The summed E-state index contributed by atoms with van der Waals surface area (Å²) in [6.07, 6.45) is 0. The fraction of sp³-hybridized carbons (Fsp3) is 0.143. The second-order valence-corrected chi connectivity index (χ2v) is 12.1. The maximum Gasteiger partial charge on any atom is 0.308 e. The number of hydrogen-bond acceptors (Lipinski definition) is 8. The Bertz CT molecular complexity index is 1810. The van der Waals surface area contributed by atoms with Gasteiger partial charge in [-0.15, -0.1) is 0 Å². The number of carbonyl (C=O) groups excluding carboxylic acids is 3. The smallest absolute Gasteiger partial charge is 0.308 e. The first kappa shape index (κ1) is 27.8. The number of imide groups is 1. The SMILES string of the molecule is O=C(Cn1c2c(sc1=O)C(c1ccc(F)cc1)C1C(=O)N(c3ccc([N+](=O)[O-])cc3)C(=O)C1S2)Nc1ccc(Cl)cc1. The molecular formula is C28H18ClFN4O6S2. The minimum atomic E-state index is -0.963. The lowest BCUT2D eigenvalue weighted by Crippen LogP contribution is -2.33. The number of rotatable bonds is 6. The molecule has 10 nitrogen and oxygen atoms in total. The van der Waals surface area contributed by atoms with Gasteiger partial charge in [-0.05, 0) is 54.1 Å². The van der Waals surface area contributed by atoms with Crippen molar-refractivity contribution in [3.8, 4) is 0 Å². The van der Waals surface area contributed by atoms with Gasteiger partial charge in [0.25, 0.3) is 5.69 Å². The van der Waals surface area contributed by atoms with Gasteiger partial charge in [-0.25, -0.2) is 9.29 Å². The highest BCUT2D eigenvalue weighted by atomic mass is 35.5. The molecule has 2 aliphatic rings.